The molecule has 4 aromatic rings. The first-order chi connectivity index (χ1) is 12.6. The SMILES string of the molecule is Cc1cc(C)c(C)c(-c2ccc3c([n+]2C)-c2cccc4cccc-3c24)c1. The smallest absolute Gasteiger partial charge is 0.194 e. The van der Waals surface area contributed by atoms with Crippen molar-refractivity contribution in [2.45, 2.75) is 20.8 Å². The van der Waals surface area contributed by atoms with Crippen molar-refractivity contribution in [2.24, 2.45) is 7.05 Å². The maximum Gasteiger partial charge on any atom is 0.221 e. The largest absolute Gasteiger partial charge is 0.221 e. The lowest BCUT2D eigenvalue weighted by Crippen LogP contribution is -2.34. The van der Waals surface area contributed by atoms with Gasteiger partial charge in [0.05, 0.1) is 11.1 Å². The molecule has 0 bridgehead atoms. The molecule has 0 N–H and O–H groups in total. The Morgan fingerprint density at radius 2 is 1.42 bits per heavy atom. The van der Waals surface area contributed by atoms with Crippen LogP contribution < -0.4 is 4.57 Å². The van der Waals surface area contributed by atoms with Crippen LogP contribution in [0.3, 0.4) is 0 Å². The highest BCUT2D eigenvalue weighted by Gasteiger charge is 2.30. The maximum atomic E-state index is 2.38. The predicted molar refractivity (Wildman–Crippen MR) is 109 cm³/mol. The number of hydrogen-bond acceptors (Lipinski definition) is 0. The summed E-state index contributed by atoms with van der Waals surface area (Å²) in [5, 5.41) is 2.70. The lowest BCUT2D eigenvalue weighted by atomic mass is 9.96. The van der Waals surface area contributed by atoms with E-state index in [1.807, 2.05) is 0 Å². The van der Waals surface area contributed by atoms with E-state index in [1.165, 1.54) is 61.1 Å². The summed E-state index contributed by atoms with van der Waals surface area (Å²) < 4.78 is 2.38. The minimum atomic E-state index is 1.28. The van der Waals surface area contributed by atoms with Crippen molar-refractivity contribution >= 4 is 10.8 Å². The van der Waals surface area contributed by atoms with Gasteiger partial charge in [0.2, 0.25) is 11.4 Å². The second-order valence-electron chi connectivity index (χ2n) is 7.50. The fourth-order valence-electron chi connectivity index (χ4n) is 4.54. The van der Waals surface area contributed by atoms with E-state index in [0.29, 0.717) is 0 Å². The molecule has 1 heterocycles. The van der Waals surface area contributed by atoms with Crippen molar-refractivity contribution in [3.63, 3.8) is 0 Å². The van der Waals surface area contributed by atoms with E-state index in [0.717, 1.165) is 0 Å². The number of fused-ring (bicyclic) bond motifs is 3. The van der Waals surface area contributed by atoms with Crippen molar-refractivity contribution in [1.29, 1.82) is 0 Å². The number of aryl methyl sites for hydroxylation is 2. The Hall–Kier alpha value is -2.93. The van der Waals surface area contributed by atoms with Crippen LogP contribution in [0, 0.1) is 20.8 Å². The molecular formula is C25H22N+. The summed E-state index contributed by atoms with van der Waals surface area (Å²) in [5.74, 6) is 0. The molecule has 1 aliphatic carbocycles. The molecule has 0 spiro atoms. The number of hydrogen-bond donors (Lipinski definition) is 0. The fraction of sp³-hybridized carbons (Fsp3) is 0.160. The van der Waals surface area contributed by atoms with Crippen LogP contribution in [0.2, 0.25) is 0 Å². The molecular weight excluding hydrogens is 314 g/mol. The molecule has 0 aliphatic heterocycles. The Kier molecular flexibility index (Phi) is 3.12. The van der Waals surface area contributed by atoms with E-state index in [1.54, 1.807) is 0 Å². The first kappa shape index (κ1) is 15.3. The highest BCUT2D eigenvalue weighted by molar-refractivity contribution is 6.13. The number of aromatic nitrogens is 1. The summed E-state index contributed by atoms with van der Waals surface area (Å²) in [4.78, 5) is 0. The summed E-state index contributed by atoms with van der Waals surface area (Å²) >= 11 is 0. The zero-order valence-corrected chi connectivity index (χ0v) is 15.7. The van der Waals surface area contributed by atoms with Crippen molar-refractivity contribution in [2.75, 3.05) is 0 Å². The van der Waals surface area contributed by atoms with Gasteiger partial charge in [-0.1, -0.05) is 42.0 Å². The van der Waals surface area contributed by atoms with Crippen molar-refractivity contribution < 1.29 is 4.57 Å². The molecule has 1 heteroatoms. The van der Waals surface area contributed by atoms with Crippen molar-refractivity contribution in [3.8, 4) is 33.6 Å². The predicted octanol–water partition coefficient (Wildman–Crippen LogP) is 5.90. The second kappa shape index (κ2) is 5.28. The van der Waals surface area contributed by atoms with Crippen LogP contribution >= 0.6 is 0 Å². The Labute approximate surface area is 154 Å². The molecule has 0 atom stereocenters. The lowest BCUT2D eigenvalue weighted by molar-refractivity contribution is -0.648. The molecule has 0 saturated carbocycles. The molecule has 3 aromatic carbocycles. The summed E-state index contributed by atoms with van der Waals surface area (Å²) in [5.41, 5.74) is 12.0. The van der Waals surface area contributed by atoms with Gasteiger partial charge in [-0.25, -0.2) is 0 Å². The Bertz CT molecular complexity index is 1210. The molecule has 5 rings (SSSR count). The zero-order valence-electron chi connectivity index (χ0n) is 15.7. The van der Waals surface area contributed by atoms with E-state index < -0.39 is 0 Å². The molecule has 0 radical (unpaired) electrons. The van der Waals surface area contributed by atoms with E-state index >= 15 is 0 Å². The third-order valence-corrected chi connectivity index (χ3v) is 5.90. The first-order valence-corrected chi connectivity index (χ1v) is 9.20. The Morgan fingerprint density at radius 1 is 0.692 bits per heavy atom. The van der Waals surface area contributed by atoms with E-state index in [2.05, 4.69) is 93.0 Å². The van der Waals surface area contributed by atoms with Crippen molar-refractivity contribution in [3.05, 3.63) is 77.4 Å². The van der Waals surface area contributed by atoms with Crippen molar-refractivity contribution in [1.82, 2.24) is 0 Å². The molecule has 1 nitrogen and oxygen atoms in total. The molecule has 0 unspecified atom stereocenters. The number of rotatable bonds is 1. The monoisotopic (exact) mass is 336 g/mol. The molecule has 0 amide bonds. The lowest BCUT2D eigenvalue weighted by Gasteiger charge is -2.11. The number of nitrogens with zero attached hydrogens (tertiary/aromatic N) is 1. The van der Waals surface area contributed by atoms with E-state index in [-0.39, 0.29) is 0 Å². The van der Waals surface area contributed by atoms with Crippen LogP contribution in [0.1, 0.15) is 16.7 Å². The van der Waals surface area contributed by atoms with Gasteiger partial charge in [0.1, 0.15) is 7.05 Å². The fourth-order valence-corrected chi connectivity index (χ4v) is 4.54. The van der Waals surface area contributed by atoms with Gasteiger partial charge in [-0.2, -0.15) is 4.57 Å². The van der Waals surface area contributed by atoms with Gasteiger partial charge < -0.3 is 0 Å². The molecule has 0 fully saturated rings. The van der Waals surface area contributed by atoms with Gasteiger partial charge in [0.15, 0.2) is 0 Å². The topological polar surface area (TPSA) is 3.88 Å². The van der Waals surface area contributed by atoms with Gasteiger partial charge in [0.25, 0.3) is 0 Å². The third kappa shape index (κ3) is 1.94. The van der Waals surface area contributed by atoms with Gasteiger partial charge in [-0.15, -0.1) is 0 Å². The number of benzene rings is 3. The standard InChI is InChI=1S/C25H22N/c1-15-13-16(2)17(3)22(14-15)23-12-11-20-19-9-5-7-18-8-6-10-21(24(18)19)25(20)26(23)4/h5-14H,1-4H3/q+1. The highest BCUT2D eigenvalue weighted by Crippen LogP contribution is 2.45. The molecule has 1 aliphatic rings. The molecule has 0 saturated heterocycles. The van der Waals surface area contributed by atoms with Gasteiger partial charge in [-0.3, -0.25) is 0 Å². The Balaban J connectivity index is 1.85. The van der Waals surface area contributed by atoms with Gasteiger partial charge in [-0.05, 0) is 61.0 Å². The zero-order chi connectivity index (χ0) is 18.0. The van der Waals surface area contributed by atoms with Crippen LogP contribution in [0.25, 0.3) is 44.4 Å². The summed E-state index contributed by atoms with van der Waals surface area (Å²) in [6.07, 6.45) is 0. The van der Waals surface area contributed by atoms with Gasteiger partial charge >= 0.3 is 0 Å². The number of pyridine rings is 1. The van der Waals surface area contributed by atoms with E-state index in [9.17, 15) is 0 Å². The van der Waals surface area contributed by atoms with E-state index in [4.69, 9.17) is 0 Å². The normalized spacial score (nSPS) is 11.8. The first-order valence-electron chi connectivity index (χ1n) is 9.20. The summed E-state index contributed by atoms with van der Waals surface area (Å²) in [6.45, 7) is 6.61. The van der Waals surface area contributed by atoms with Gasteiger partial charge in [0, 0.05) is 17.0 Å². The maximum absolute atomic E-state index is 2.38. The molecule has 126 valence electrons. The minimum absolute atomic E-state index is 1.28. The molecule has 26 heavy (non-hydrogen) atoms. The average molecular weight is 336 g/mol. The minimum Gasteiger partial charge on any atom is -0.194 e. The highest BCUT2D eigenvalue weighted by atomic mass is 15.0. The van der Waals surface area contributed by atoms with Crippen LogP contribution in [0.4, 0.5) is 0 Å². The quantitative estimate of drug-likeness (QED) is 0.335. The summed E-state index contributed by atoms with van der Waals surface area (Å²) in [6, 6.07) is 22.4. The van der Waals surface area contributed by atoms with Crippen LogP contribution in [0.15, 0.2) is 60.7 Å². The third-order valence-electron chi connectivity index (χ3n) is 5.90. The molecule has 1 aromatic heterocycles. The summed E-state index contributed by atoms with van der Waals surface area (Å²) in [7, 11) is 2.20. The second-order valence-corrected chi connectivity index (χ2v) is 7.50. The van der Waals surface area contributed by atoms with Crippen LogP contribution in [-0.4, -0.2) is 0 Å². The average Bonchev–Trinajstić information content (AvgIpc) is 2.96. The van der Waals surface area contributed by atoms with Crippen LogP contribution in [-0.2, 0) is 7.05 Å². The Morgan fingerprint density at radius 3 is 2.19 bits per heavy atom. The van der Waals surface area contributed by atoms with Crippen LogP contribution in [0.5, 0.6) is 0 Å².